The second kappa shape index (κ2) is 12.6. The number of amides is 4. The van der Waals surface area contributed by atoms with Crippen molar-refractivity contribution in [3.05, 3.63) is 71.1 Å². The van der Waals surface area contributed by atoms with Gasteiger partial charge in [-0.15, -0.1) is 11.3 Å². The number of ether oxygens (including phenoxy) is 1. The topological polar surface area (TPSA) is 122 Å². The second-order valence-electron chi connectivity index (χ2n) is 11.0. The summed E-state index contributed by atoms with van der Waals surface area (Å²) in [5.74, 6) is -2.69. The molecule has 1 saturated heterocycles. The quantitative estimate of drug-likeness (QED) is 0.258. The number of carbonyl (C=O) groups excluding carboxylic acids is 5. The van der Waals surface area contributed by atoms with Crippen LogP contribution in [0, 0.1) is 5.41 Å². The zero-order chi connectivity index (χ0) is 29.7. The summed E-state index contributed by atoms with van der Waals surface area (Å²) in [6.07, 6.45) is -0.675. The molecule has 1 aliphatic heterocycles. The van der Waals surface area contributed by atoms with E-state index in [9.17, 15) is 24.0 Å². The fourth-order valence-corrected chi connectivity index (χ4v) is 5.87. The van der Waals surface area contributed by atoms with E-state index in [-0.39, 0.29) is 13.0 Å². The van der Waals surface area contributed by atoms with E-state index in [4.69, 9.17) is 4.74 Å². The van der Waals surface area contributed by atoms with Crippen LogP contribution in [0.2, 0.25) is 0 Å². The van der Waals surface area contributed by atoms with Crippen LogP contribution in [-0.2, 0) is 19.1 Å². The Morgan fingerprint density at radius 1 is 1.05 bits per heavy atom. The van der Waals surface area contributed by atoms with Crippen molar-refractivity contribution < 1.29 is 28.7 Å². The van der Waals surface area contributed by atoms with Gasteiger partial charge in [0.1, 0.15) is 6.04 Å². The highest BCUT2D eigenvalue weighted by atomic mass is 32.1. The first kappa shape index (κ1) is 29.9. The Kier molecular flexibility index (Phi) is 9.22. The molecule has 0 spiro atoms. The summed E-state index contributed by atoms with van der Waals surface area (Å²) in [6.45, 7) is 7.23. The van der Waals surface area contributed by atoms with E-state index in [2.05, 4.69) is 10.6 Å². The Hall–Kier alpha value is -4.05. The van der Waals surface area contributed by atoms with Crippen molar-refractivity contribution in [3.63, 3.8) is 0 Å². The molecule has 216 valence electrons. The summed E-state index contributed by atoms with van der Waals surface area (Å²) < 4.78 is 6.46. The third kappa shape index (κ3) is 6.82. The van der Waals surface area contributed by atoms with Gasteiger partial charge >= 0.3 is 6.09 Å². The first-order valence-corrected chi connectivity index (χ1v) is 14.5. The van der Waals surface area contributed by atoms with Crippen LogP contribution < -0.4 is 10.6 Å². The second-order valence-corrected chi connectivity index (χ2v) is 12.0. The average Bonchev–Trinajstić information content (AvgIpc) is 3.49. The first-order valence-electron chi connectivity index (χ1n) is 13.7. The van der Waals surface area contributed by atoms with Gasteiger partial charge in [0, 0.05) is 16.7 Å². The van der Waals surface area contributed by atoms with E-state index >= 15 is 0 Å². The SMILES string of the molecule is CCCC[C@H](NC(=O)O[C@@H]1C(=O)N(C(=O)c2cc3ccccc3s2)CC1(C)C)C(=O)C(=O)N[C@H](C)c1ccccc1. The molecule has 2 aromatic carbocycles. The number of hydrogen-bond acceptors (Lipinski definition) is 7. The number of nitrogens with zero attached hydrogens (tertiary/aromatic N) is 1. The number of benzene rings is 2. The average molecular weight is 578 g/mol. The van der Waals surface area contributed by atoms with E-state index in [0.717, 1.165) is 27.0 Å². The molecule has 1 aromatic heterocycles. The van der Waals surface area contributed by atoms with E-state index in [1.165, 1.54) is 11.3 Å². The fourth-order valence-electron chi connectivity index (χ4n) is 4.86. The normalized spacial score (nSPS) is 17.6. The van der Waals surface area contributed by atoms with Gasteiger partial charge in [-0.25, -0.2) is 4.79 Å². The van der Waals surface area contributed by atoms with Gasteiger partial charge in [0.25, 0.3) is 17.7 Å². The summed E-state index contributed by atoms with van der Waals surface area (Å²) >= 11 is 1.30. The number of likely N-dealkylation sites (tertiary alicyclic amines) is 1. The molecule has 41 heavy (non-hydrogen) atoms. The van der Waals surface area contributed by atoms with Crippen LogP contribution in [0.5, 0.6) is 0 Å². The van der Waals surface area contributed by atoms with Gasteiger partial charge < -0.3 is 15.4 Å². The highest BCUT2D eigenvalue weighted by Gasteiger charge is 2.51. The summed E-state index contributed by atoms with van der Waals surface area (Å²) in [7, 11) is 0. The highest BCUT2D eigenvalue weighted by Crippen LogP contribution is 2.35. The molecule has 10 heteroatoms. The Balaban J connectivity index is 1.42. The number of alkyl carbamates (subject to hydrolysis) is 1. The van der Waals surface area contributed by atoms with Gasteiger partial charge in [-0.1, -0.05) is 82.1 Å². The molecule has 4 rings (SSSR count). The summed E-state index contributed by atoms with van der Waals surface area (Å²) in [5, 5.41) is 6.09. The number of ketones is 1. The zero-order valence-corrected chi connectivity index (χ0v) is 24.5. The van der Waals surface area contributed by atoms with Gasteiger partial charge in [-0.05, 0) is 36.4 Å². The van der Waals surface area contributed by atoms with Crippen molar-refractivity contribution in [1.29, 1.82) is 0 Å². The number of rotatable bonds is 10. The lowest BCUT2D eigenvalue weighted by molar-refractivity contribution is -0.139. The first-order chi connectivity index (χ1) is 19.5. The Morgan fingerprint density at radius 2 is 1.73 bits per heavy atom. The van der Waals surface area contributed by atoms with Crippen molar-refractivity contribution in [1.82, 2.24) is 15.5 Å². The van der Waals surface area contributed by atoms with Crippen molar-refractivity contribution >= 4 is 51.0 Å². The molecule has 0 saturated carbocycles. The molecule has 3 aromatic rings. The predicted octanol–water partition coefficient (Wildman–Crippen LogP) is 5.01. The van der Waals surface area contributed by atoms with Crippen molar-refractivity contribution in [2.24, 2.45) is 5.41 Å². The predicted molar refractivity (Wildman–Crippen MR) is 156 cm³/mol. The molecule has 2 N–H and O–H groups in total. The maximum atomic E-state index is 13.3. The molecule has 3 atom stereocenters. The highest BCUT2D eigenvalue weighted by molar-refractivity contribution is 7.20. The Morgan fingerprint density at radius 3 is 2.41 bits per heavy atom. The Labute approximate surface area is 243 Å². The monoisotopic (exact) mass is 577 g/mol. The molecular weight excluding hydrogens is 542 g/mol. The summed E-state index contributed by atoms with van der Waals surface area (Å²) in [4.78, 5) is 66.9. The van der Waals surface area contributed by atoms with E-state index in [0.29, 0.717) is 11.3 Å². The molecular formula is C31H35N3O6S. The lowest BCUT2D eigenvalue weighted by Gasteiger charge is -2.25. The van der Waals surface area contributed by atoms with Gasteiger partial charge in [-0.3, -0.25) is 24.1 Å². The van der Waals surface area contributed by atoms with Crippen LogP contribution in [0.25, 0.3) is 10.1 Å². The summed E-state index contributed by atoms with van der Waals surface area (Å²) in [6, 6.07) is 17.0. The minimum Gasteiger partial charge on any atom is -0.435 e. The molecule has 0 aliphatic carbocycles. The van der Waals surface area contributed by atoms with Crippen molar-refractivity contribution in [3.8, 4) is 0 Å². The zero-order valence-electron chi connectivity index (χ0n) is 23.6. The smallest absolute Gasteiger partial charge is 0.408 e. The minimum atomic E-state index is -1.24. The number of Topliss-reactive ketones (excluding diaryl/α,β-unsaturated/α-hetero) is 1. The Bertz CT molecular complexity index is 1420. The third-order valence-corrected chi connectivity index (χ3v) is 8.30. The molecule has 0 unspecified atom stereocenters. The molecule has 9 nitrogen and oxygen atoms in total. The number of carbonyl (C=O) groups is 5. The van der Waals surface area contributed by atoms with E-state index in [1.807, 2.05) is 61.5 Å². The van der Waals surface area contributed by atoms with Crippen LogP contribution in [0.1, 0.15) is 68.2 Å². The van der Waals surface area contributed by atoms with Crippen LogP contribution in [-0.4, -0.2) is 53.2 Å². The molecule has 0 bridgehead atoms. The van der Waals surface area contributed by atoms with Gasteiger partial charge in [0.05, 0.1) is 10.9 Å². The molecule has 4 amide bonds. The minimum absolute atomic E-state index is 0.0643. The number of fused-ring (bicyclic) bond motifs is 1. The van der Waals surface area contributed by atoms with Crippen molar-refractivity contribution in [2.75, 3.05) is 6.54 Å². The standard InChI is InChI=1S/C31H35N3O6S/c1-5-6-15-22(25(35)27(36)32-19(2)20-12-8-7-9-13-20)33-30(39)40-26-29(38)34(18-31(26,3)4)28(37)24-17-21-14-10-11-16-23(21)41-24/h7-14,16-17,19,22,26H,5-6,15,18H2,1-4H3,(H,32,36)(H,33,39)/t19-,22+,26-/m1/s1. The largest absolute Gasteiger partial charge is 0.435 e. The maximum absolute atomic E-state index is 13.3. The number of thiophene rings is 1. The van der Waals surface area contributed by atoms with Crippen LogP contribution in [0.3, 0.4) is 0 Å². The number of unbranched alkanes of at least 4 members (excludes halogenated alkanes) is 1. The fraction of sp³-hybridized carbons (Fsp3) is 0.387. The molecule has 1 fully saturated rings. The number of nitrogens with one attached hydrogen (secondary N) is 2. The van der Waals surface area contributed by atoms with Crippen LogP contribution >= 0.6 is 11.3 Å². The van der Waals surface area contributed by atoms with E-state index in [1.54, 1.807) is 26.8 Å². The van der Waals surface area contributed by atoms with Crippen LogP contribution in [0.15, 0.2) is 60.7 Å². The van der Waals surface area contributed by atoms with Crippen molar-refractivity contribution in [2.45, 2.75) is 65.1 Å². The summed E-state index contributed by atoms with van der Waals surface area (Å²) in [5.41, 5.74) is -0.0329. The molecule has 2 heterocycles. The van der Waals surface area contributed by atoms with Gasteiger partial charge in [-0.2, -0.15) is 0 Å². The van der Waals surface area contributed by atoms with Gasteiger partial charge in [0.2, 0.25) is 5.78 Å². The lowest BCUT2D eigenvalue weighted by Crippen LogP contribution is -2.49. The number of imide groups is 1. The van der Waals surface area contributed by atoms with Crippen LogP contribution in [0.4, 0.5) is 4.79 Å². The third-order valence-electron chi connectivity index (χ3n) is 7.20. The lowest BCUT2D eigenvalue weighted by atomic mass is 9.90. The molecule has 0 radical (unpaired) electrons. The van der Waals surface area contributed by atoms with E-state index < -0.39 is 53.2 Å². The van der Waals surface area contributed by atoms with Gasteiger partial charge in [0.15, 0.2) is 6.10 Å². The number of hydrogen-bond donors (Lipinski definition) is 2. The molecule has 1 aliphatic rings. The maximum Gasteiger partial charge on any atom is 0.408 e.